The van der Waals surface area contributed by atoms with Gasteiger partial charge in [0.25, 0.3) is 20.0 Å². The van der Waals surface area contributed by atoms with E-state index >= 15 is 0 Å². The zero-order valence-corrected chi connectivity index (χ0v) is 42.3. The maximum absolute atomic E-state index is 13.5. The Labute approximate surface area is 422 Å². The van der Waals surface area contributed by atoms with Gasteiger partial charge in [-0.3, -0.25) is 0 Å². The van der Waals surface area contributed by atoms with Crippen LogP contribution in [0.25, 0.3) is 44.3 Å². The van der Waals surface area contributed by atoms with Crippen molar-refractivity contribution in [3.63, 3.8) is 0 Å². The Kier molecular flexibility index (Phi) is 14.4. The highest BCUT2D eigenvalue weighted by Gasteiger charge is 2.29. The molecule has 10 rings (SSSR count). The SMILES string of the molecule is CC(C)(C)OC(=O)N1CCC(Nc2ncc(Cl)c(-c3cn(S(=O)(=O)c4ccccc4)c4ccccc34)n2)CC1.O=S(=O)(c1ccccc1)n1cc(-c2nc(NC3CCNCC3)ncc2Cl)c2ccccc21. The number of hydrogen-bond donors (Lipinski definition) is 3. The minimum atomic E-state index is -3.85. The third kappa shape index (κ3) is 10.9. The molecule has 0 atom stereocenters. The first-order chi connectivity index (χ1) is 34.1. The van der Waals surface area contributed by atoms with Crippen molar-refractivity contribution >= 4 is 83.0 Å². The fourth-order valence-electron chi connectivity index (χ4n) is 8.60. The van der Waals surface area contributed by atoms with E-state index in [9.17, 15) is 21.6 Å². The van der Waals surface area contributed by atoms with Gasteiger partial charge in [-0.15, -0.1) is 0 Å². The Hall–Kier alpha value is -6.57. The van der Waals surface area contributed by atoms with Gasteiger partial charge in [0.15, 0.2) is 0 Å². The molecule has 0 spiro atoms. The van der Waals surface area contributed by atoms with Gasteiger partial charge in [-0.2, -0.15) is 0 Å². The van der Waals surface area contributed by atoms with Crippen LogP contribution in [-0.2, 0) is 24.8 Å². The van der Waals surface area contributed by atoms with Crippen molar-refractivity contribution in [1.29, 1.82) is 0 Å². The molecule has 0 radical (unpaired) electrons. The number of anilines is 2. The van der Waals surface area contributed by atoms with E-state index in [4.69, 9.17) is 27.9 Å². The molecule has 2 saturated heterocycles. The normalized spacial score (nSPS) is 15.0. The number of nitrogens with zero attached hydrogens (tertiary/aromatic N) is 7. The average molecular weight is 1040 g/mol. The molecule has 0 bridgehead atoms. The molecule has 0 aliphatic carbocycles. The molecule has 2 fully saturated rings. The Morgan fingerprint density at radius 1 is 0.620 bits per heavy atom. The number of carbonyl (C=O) groups is 1. The van der Waals surface area contributed by atoms with E-state index in [0.717, 1.165) is 31.3 Å². The minimum Gasteiger partial charge on any atom is -0.444 e. The number of benzene rings is 4. The van der Waals surface area contributed by atoms with Crippen LogP contribution >= 0.6 is 23.2 Å². The smallest absolute Gasteiger partial charge is 0.410 e. The Morgan fingerprint density at radius 2 is 1.03 bits per heavy atom. The van der Waals surface area contributed by atoms with Crippen LogP contribution in [0.2, 0.25) is 10.0 Å². The zero-order chi connectivity index (χ0) is 49.9. The second-order valence-corrected chi connectivity index (χ2v) is 22.6. The van der Waals surface area contributed by atoms with E-state index in [1.807, 2.05) is 51.1 Å². The number of hydrogen-bond acceptors (Lipinski definition) is 13. The number of para-hydroxylation sites is 2. The number of fused-ring (bicyclic) bond motifs is 2. The zero-order valence-electron chi connectivity index (χ0n) is 39.2. The minimum absolute atomic E-state index is 0.0533. The highest BCUT2D eigenvalue weighted by molar-refractivity contribution is 7.90. The molecule has 4 aromatic heterocycles. The van der Waals surface area contributed by atoms with Gasteiger partial charge in [-0.05, 0) is 95.9 Å². The number of carbonyl (C=O) groups excluding carboxylic acids is 1. The predicted molar refractivity (Wildman–Crippen MR) is 278 cm³/mol. The molecule has 1 amide bonds. The average Bonchev–Trinajstić information content (AvgIpc) is 3.97. The van der Waals surface area contributed by atoms with Crippen LogP contribution in [-0.4, -0.2) is 99.6 Å². The van der Waals surface area contributed by atoms with Crippen LogP contribution in [0.15, 0.2) is 144 Å². The summed E-state index contributed by atoms with van der Waals surface area (Å²) in [5.74, 6) is 0.868. The van der Waals surface area contributed by atoms with Crippen molar-refractivity contribution in [3.8, 4) is 22.5 Å². The lowest BCUT2D eigenvalue weighted by atomic mass is 10.1. The number of piperidine rings is 2. The van der Waals surface area contributed by atoms with Crippen molar-refractivity contribution in [2.75, 3.05) is 36.8 Å². The first kappa shape index (κ1) is 49.4. The molecule has 3 N–H and O–H groups in total. The Bertz CT molecular complexity index is 3430. The summed E-state index contributed by atoms with van der Waals surface area (Å²) in [7, 11) is -7.64. The quantitative estimate of drug-likeness (QED) is 0.117. The molecule has 6 heterocycles. The van der Waals surface area contributed by atoms with Gasteiger partial charge >= 0.3 is 6.09 Å². The Balaban J connectivity index is 0.000000179. The van der Waals surface area contributed by atoms with Crippen molar-refractivity contribution in [2.45, 2.75) is 73.9 Å². The first-order valence-corrected chi connectivity index (χ1v) is 26.8. The van der Waals surface area contributed by atoms with E-state index < -0.39 is 25.6 Å². The summed E-state index contributed by atoms with van der Waals surface area (Å²) in [4.78, 5) is 32.6. The van der Waals surface area contributed by atoms with Crippen LogP contribution in [0.3, 0.4) is 0 Å². The number of rotatable bonds is 10. The summed E-state index contributed by atoms with van der Waals surface area (Å²) < 4.78 is 61.8. The molecule has 8 aromatic rings. The van der Waals surface area contributed by atoms with Crippen LogP contribution in [0.4, 0.5) is 16.7 Å². The molecule has 2 aliphatic heterocycles. The number of aromatic nitrogens is 6. The van der Waals surface area contributed by atoms with Crippen LogP contribution < -0.4 is 16.0 Å². The van der Waals surface area contributed by atoms with Gasteiger partial charge in [-0.25, -0.2) is 49.5 Å². The highest BCUT2D eigenvalue weighted by Crippen LogP contribution is 2.38. The predicted octanol–water partition coefficient (Wildman–Crippen LogP) is 9.95. The van der Waals surface area contributed by atoms with E-state index in [1.165, 1.54) is 14.1 Å². The molecular formula is C51H52Cl2N10O6S2. The topological polar surface area (TPSA) is 195 Å². The summed E-state index contributed by atoms with van der Waals surface area (Å²) in [6, 6.07) is 31.6. The maximum Gasteiger partial charge on any atom is 0.410 e. The molecule has 71 heavy (non-hydrogen) atoms. The summed E-state index contributed by atoms with van der Waals surface area (Å²) in [6.07, 6.45) is 9.29. The van der Waals surface area contributed by atoms with Gasteiger partial charge in [0.1, 0.15) is 5.60 Å². The van der Waals surface area contributed by atoms with Crippen molar-refractivity contribution < 1.29 is 26.4 Å². The summed E-state index contributed by atoms with van der Waals surface area (Å²) in [6.45, 7) is 8.55. The number of amides is 1. The molecule has 2 aliphatic rings. The summed E-state index contributed by atoms with van der Waals surface area (Å²) >= 11 is 13.0. The molecule has 4 aromatic carbocycles. The van der Waals surface area contributed by atoms with E-state index in [0.29, 0.717) is 86.8 Å². The fourth-order valence-corrected chi connectivity index (χ4v) is 11.8. The third-order valence-corrected chi connectivity index (χ3v) is 16.0. The monoisotopic (exact) mass is 1030 g/mol. The Morgan fingerprint density at radius 3 is 1.46 bits per heavy atom. The van der Waals surface area contributed by atoms with Crippen molar-refractivity contribution in [3.05, 3.63) is 144 Å². The lowest BCUT2D eigenvalue weighted by molar-refractivity contribution is 0.0210. The van der Waals surface area contributed by atoms with E-state index in [-0.39, 0.29) is 28.0 Å². The van der Waals surface area contributed by atoms with Gasteiger partial charge in [0, 0.05) is 59.5 Å². The van der Waals surface area contributed by atoms with Crippen LogP contribution in [0.5, 0.6) is 0 Å². The highest BCUT2D eigenvalue weighted by atomic mass is 35.5. The van der Waals surface area contributed by atoms with Gasteiger partial charge < -0.3 is 25.6 Å². The summed E-state index contributed by atoms with van der Waals surface area (Å²) in [5, 5.41) is 12.2. The van der Waals surface area contributed by atoms with Crippen LogP contribution in [0, 0.1) is 0 Å². The second-order valence-electron chi connectivity index (χ2n) is 18.2. The van der Waals surface area contributed by atoms with E-state index in [1.54, 1.807) is 102 Å². The number of ether oxygens (including phenoxy) is 1. The standard InChI is InChI=1S/C28H30ClN5O4S.C23H22ClN5O2S/c1-28(2,3)38-27(35)33-15-13-19(14-16-33)31-26-30-17-23(29)25(32-26)22-18-34(24-12-8-7-11-21(22)24)39(36,37)20-9-5-4-6-10-20;24-20-14-26-23(27-16-10-12-25-13-11-16)28-22(20)19-15-29(21-9-5-4-8-18(19)21)32(30,31)17-6-2-1-3-7-17/h4-12,17-19H,13-16H2,1-3H3,(H,30,31,32);1-9,14-16,25H,10-13H2,(H,26,27,28). The van der Waals surface area contributed by atoms with Crippen molar-refractivity contribution in [2.24, 2.45) is 0 Å². The second kappa shape index (κ2) is 20.6. The molecule has 368 valence electrons. The number of nitrogens with one attached hydrogen (secondary N) is 3. The van der Waals surface area contributed by atoms with Gasteiger partial charge in [0.2, 0.25) is 11.9 Å². The third-order valence-electron chi connectivity index (χ3n) is 12.1. The summed E-state index contributed by atoms with van der Waals surface area (Å²) in [5.41, 5.74) is 2.70. The molecular weight excluding hydrogens is 984 g/mol. The van der Waals surface area contributed by atoms with Gasteiger partial charge in [0.05, 0.1) is 54.7 Å². The molecule has 0 saturated carbocycles. The van der Waals surface area contributed by atoms with Crippen molar-refractivity contribution in [1.82, 2.24) is 38.1 Å². The molecule has 0 unspecified atom stereocenters. The van der Waals surface area contributed by atoms with Gasteiger partial charge in [-0.1, -0.05) is 96.0 Å². The maximum atomic E-state index is 13.5. The lowest BCUT2D eigenvalue weighted by Gasteiger charge is -2.33. The van der Waals surface area contributed by atoms with E-state index in [2.05, 4.69) is 35.9 Å². The lowest BCUT2D eigenvalue weighted by Crippen LogP contribution is -2.44. The molecule has 20 heteroatoms. The number of likely N-dealkylation sites (tertiary alicyclic amines) is 1. The van der Waals surface area contributed by atoms with Crippen LogP contribution in [0.1, 0.15) is 46.5 Å². The number of halogens is 2. The largest absolute Gasteiger partial charge is 0.444 e. The fraction of sp³-hybridized carbons (Fsp3) is 0.275. The first-order valence-electron chi connectivity index (χ1n) is 23.2. The molecule has 16 nitrogen and oxygen atoms in total.